The van der Waals surface area contributed by atoms with E-state index >= 15 is 0 Å². The van der Waals surface area contributed by atoms with E-state index in [1.165, 1.54) is 96.3 Å². The molecule has 0 aliphatic rings. The van der Waals surface area contributed by atoms with Crippen molar-refractivity contribution in [3.05, 3.63) is 0 Å². The predicted molar refractivity (Wildman–Crippen MR) is 285 cm³/mol. The summed E-state index contributed by atoms with van der Waals surface area (Å²) >= 11 is 0. The minimum Gasteiger partial charge on any atom is -0.379 e. The molecule has 0 aromatic carbocycles. The first kappa shape index (κ1) is 74.3. The molecule has 0 bridgehead atoms. The van der Waals surface area contributed by atoms with E-state index < -0.39 is 0 Å². The molecule has 0 aliphatic carbocycles. The molecular formula is C57H126O6. The first-order valence-corrected chi connectivity index (χ1v) is 27.0. The monoisotopic (exact) mass is 907 g/mol. The zero-order valence-electron chi connectivity index (χ0n) is 48.2. The van der Waals surface area contributed by atoms with Crippen LogP contribution in [0.2, 0.25) is 0 Å². The summed E-state index contributed by atoms with van der Waals surface area (Å²) in [6.07, 6.45) is 21.9. The van der Waals surface area contributed by atoms with Gasteiger partial charge < -0.3 is 28.4 Å². The molecule has 0 spiro atoms. The lowest BCUT2D eigenvalue weighted by Crippen LogP contribution is -2.08. The van der Waals surface area contributed by atoms with Crippen molar-refractivity contribution in [1.82, 2.24) is 0 Å². The second-order valence-electron chi connectivity index (χ2n) is 21.8. The third kappa shape index (κ3) is 110. The Labute approximate surface area is 401 Å². The summed E-state index contributed by atoms with van der Waals surface area (Å²) < 4.78 is 32.4. The first-order chi connectivity index (χ1) is 29.3. The van der Waals surface area contributed by atoms with Crippen molar-refractivity contribution in [2.45, 2.75) is 299 Å². The van der Waals surface area contributed by atoms with Crippen LogP contribution in [0.25, 0.3) is 0 Å². The van der Waals surface area contributed by atoms with E-state index in [-0.39, 0.29) is 0 Å². The maximum Gasteiger partial charge on any atom is 0.0518 e. The van der Waals surface area contributed by atoms with Crippen molar-refractivity contribution >= 4 is 0 Å². The molecule has 0 atom stereocenters. The minimum atomic E-state index is 0.386. The largest absolute Gasteiger partial charge is 0.379 e. The van der Waals surface area contributed by atoms with Gasteiger partial charge in [-0.05, 0) is 157 Å². The van der Waals surface area contributed by atoms with Crippen LogP contribution in [-0.2, 0) is 28.4 Å². The highest BCUT2D eigenvalue weighted by atomic mass is 16.5. The van der Waals surface area contributed by atoms with E-state index in [1.54, 1.807) is 0 Å². The van der Waals surface area contributed by atoms with E-state index in [0.717, 1.165) is 69.2 Å². The second kappa shape index (κ2) is 57.9. The van der Waals surface area contributed by atoms with Crippen LogP contribution in [0.3, 0.4) is 0 Å². The lowest BCUT2D eigenvalue weighted by atomic mass is 10.0. The van der Waals surface area contributed by atoms with Gasteiger partial charge in [0.25, 0.3) is 0 Å². The van der Waals surface area contributed by atoms with Crippen LogP contribution in [0.15, 0.2) is 0 Å². The van der Waals surface area contributed by atoms with E-state index in [4.69, 9.17) is 28.4 Å². The van der Waals surface area contributed by atoms with Crippen LogP contribution >= 0.6 is 0 Å². The van der Waals surface area contributed by atoms with Crippen LogP contribution in [0.5, 0.6) is 0 Å². The average molecular weight is 908 g/mol. The number of hydrogen-bond acceptors (Lipinski definition) is 6. The summed E-state index contributed by atoms with van der Waals surface area (Å²) in [5, 5.41) is 0. The normalized spacial score (nSPS) is 11.4. The fraction of sp³-hybridized carbons (Fsp3) is 1.00. The Balaban J connectivity index is -0.000000156. The molecule has 0 aliphatic heterocycles. The summed E-state index contributed by atoms with van der Waals surface area (Å²) in [5.41, 5.74) is 0. The van der Waals surface area contributed by atoms with E-state index in [1.807, 2.05) is 0 Å². The fourth-order valence-electron chi connectivity index (χ4n) is 5.19. The van der Waals surface area contributed by atoms with Gasteiger partial charge in [0.1, 0.15) is 0 Å². The lowest BCUT2D eigenvalue weighted by molar-refractivity contribution is 0.0593. The smallest absolute Gasteiger partial charge is 0.0518 e. The van der Waals surface area contributed by atoms with Gasteiger partial charge in [-0.25, -0.2) is 0 Å². The number of ether oxygens (including phenoxy) is 6. The molecule has 0 rings (SSSR count). The number of hydrogen-bond donors (Lipinski definition) is 0. The minimum absolute atomic E-state index is 0.386. The maximum absolute atomic E-state index is 5.47. The molecule has 0 saturated heterocycles. The van der Waals surface area contributed by atoms with Crippen LogP contribution in [-0.4, -0.2) is 76.3 Å². The van der Waals surface area contributed by atoms with Crippen LogP contribution < -0.4 is 0 Å². The van der Waals surface area contributed by atoms with Gasteiger partial charge in [-0.2, -0.15) is 0 Å². The van der Waals surface area contributed by atoms with Crippen LogP contribution in [0.4, 0.5) is 0 Å². The van der Waals surface area contributed by atoms with E-state index in [2.05, 4.69) is 166 Å². The van der Waals surface area contributed by atoms with Gasteiger partial charge in [0, 0.05) is 39.6 Å². The van der Waals surface area contributed by atoms with Crippen molar-refractivity contribution in [2.75, 3.05) is 39.6 Å². The first-order valence-electron chi connectivity index (χ1n) is 27.0. The average Bonchev–Trinajstić information content (AvgIpc) is 3.13. The van der Waals surface area contributed by atoms with E-state index in [0.29, 0.717) is 42.5 Å². The zero-order chi connectivity index (χ0) is 50.0. The lowest BCUT2D eigenvalue weighted by Gasteiger charge is -2.08. The molecule has 6 heteroatoms. The molecule has 0 fully saturated rings. The Morgan fingerprint density at radius 2 is 0.413 bits per heavy atom. The molecule has 6 nitrogen and oxygen atoms in total. The van der Waals surface area contributed by atoms with Gasteiger partial charge in [0.15, 0.2) is 0 Å². The second-order valence-corrected chi connectivity index (χ2v) is 21.8. The van der Waals surface area contributed by atoms with Gasteiger partial charge in [-0.15, -0.1) is 0 Å². The Morgan fingerprint density at radius 3 is 0.683 bits per heavy atom. The summed E-state index contributed by atoms with van der Waals surface area (Å²) in [5.74, 6) is 4.81. The molecule has 0 unspecified atom stereocenters. The third-order valence-electron chi connectivity index (χ3n) is 8.92. The summed E-state index contributed by atoms with van der Waals surface area (Å²) in [6, 6.07) is 0. The molecular weight excluding hydrogens is 781 g/mol. The quantitative estimate of drug-likeness (QED) is 0.0612. The molecule has 0 N–H and O–H groups in total. The third-order valence-corrected chi connectivity index (χ3v) is 8.92. The highest BCUT2D eigenvalue weighted by molar-refractivity contribution is 4.51. The molecule has 0 amide bonds. The molecule has 63 heavy (non-hydrogen) atoms. The molecule has 390 valence electrons. The zero-order valence-corrected chi connectivity index (χ0v) is 48.2. The molecule has 0 radical (unpaired) electrons. The SMILES string of the molecule is CC(C)CCCCCCOC(C)C.CC(C)CCCCCOC(C)C.CC(C)CCCCOC(C)C.CC(C)CCCOC(C)C.CC(C)CCOC(C)C.CC(C)COC(C)C. The van der Waals surface area contributed by atoms with Crippen molar-refractivity contribution in [3.63, 3.8) is 0 Å². The van der Waals surface area contributed by atoms with Gasteiger partial charge in [-0.3, -0.25) is 0 Å². The highest BCUT2D eigenvalue weighted by Gasteiger charge is 2.00. The number of rotatable bonds is 33. The van der Waals surface area contributed by atoms with Crippen molar-refractivity contribution in [1.29, 1.82) is 0 Å². The summed E-state index contributed by atoms with van der Waals surface area (Å²) in [7, 11) is 0. The molecule has 0 aromatic heterocycles. The van der Waals surface area contributed by atoms with Gasteiger partial charge in [-0.1, -0.05) is 141 Å². The Kier molecular flexibility index (Phi) is 68.3. The summed E-state index contributed by atoms with van der Waals surface area (Å²) in [6.45, 7) is 57.4. The topological polar surface area (TPSA) is 55.4 Å². The molecule has 0 aromatic rings. The predicted octanol–water partition coefficient (Wildman–Crippen LogP) is 18.3. The van der Waals surface area contributed by atoms with Crippen LogP contribution in [0.1, 0.15) is 262 Å². The van der Waals surface area contributed by atoms with Gasteiger partial charge in [0.2, 0.25) is 0 Å². The Morgan fingerprint density at radius 1 is 0.190 bits per heavy atom. The maximum atomic E-state index is 5.47. The van der Waals surface area contributed by atoms with Gasteiger partial charge >= 0.3 is 0 Å². The number of unbranched alkanes of at least 4 members (excludes halogenated alkanes) is 6. The summed E-state index contributed by atoms with van der Waals surface area (Å²) in [4.78, 5) is 0. The Bertz CT molecular complexity index is 698. The van der Waals surface area contributed by atoms with Crippen molar-refractivity contribution in [3.8, 4) is 0 Å². The van der Waals surface area contributed by atoms with E-state index in [9.17, 15) is 0 Å². The molecule has 0 saturated carbocycles. The highest BCUT2D eigenvalue weighted by Crippen LogP contribution is 2.11. The van der Waals surface area contributed by atoms with Gasteiger partial charge in [0.05, 0.1) is 36.6 Å². The Hall–Kier alpha value is -0.240. The standard InChI is InChI=1S/C12H26O.C11H24O.C10H22O.C9H20O.C8H18O.C7H16O/c1-11(2)9-7-5-6-8-10-13-12(3)4;1-10(2)8-6-5-7-9-12-11(3)4;1-9(2)7-5-6-8-11-10(3)4;1-8(2)6-5-7-10-9(3)4;1-7(2)5-6-9-8(3)4;1-6(2)5-8-7(3)4/h11-12H,5-10H2,1-4H3;10-11H,5-9H2,1-4H3;9-10H,5-8H2,1-4H3;8-9H,5-7H2,1-4H3;7-8H,5-6H2,1-4H3;6-7H,5H2,1-4H3. The van der Waals surface area contributed by atoms with Crippen molar-refractivity contribution < 1.29 is 28.4 Å². The van der Waals surface area contributed by atoms with Crippen molar-refractivity contribution in [2.24, 2.45) is 35.5 Å². The van der Waals surface area contributed by atoms with Crippen LogP contribution in [0, 0.1) is 35.5 Å². The fourth-order valence-corrected chi connectivity index (χ4v) is 5.19. The molecule has 0 heterocycles.